The molecule has 1 heterocycles. The van der Waals surface area contributed by atoms with Crippen LogP contribution in [0, 0.1) is 12.8 Å². The van der Waals surface area contributed by atoms with Gasteiger partial charge in [-0.1, -0.05) is 37.1 Å². The fourth-order valence-corrected chi connectivity index (χ4v) is 3.12. The zero-order valence-corrected chi connectivity index (χ0v) is 11.7. The molecule has 2 aliphatic rings. The summed E-state index contributed by atoms with van der Waals surface area (Å²) in [6.07, 6.45) is 3.89. The quantitative estimate of drug-likeness (QED) is 0.900. The molecule has 1 saturated carbocycles. The van der Waals surface area contributed by atoms with Crippen molar-refractivity contribution in [2.75, 3.05) is 6.54 Å². The van der Waals surface area contributed by atoms with Crippen LogP contribution in [0.15, 0.2) is 24.3 Å². The Morgan fingerprint density at radius 3 is 2.79 bits per heavy atom. The second kappa shape index (κ2) is 4.97. The predicted molar refractivity (Wildman–Crippen MR) is 75.6 cm³/mol. The number of hydrogen-bond acceptors (Lipinski definition) is 2. The summed E-state index contributed by atoms with van der Waals surface area (Å²) in [6, 6.07) is 8.68. The molecule has 1 saturated heterocycles. The van der Waals surface area contributed by atoms with E-state index in [1.807, 2.05) is 6.07 Å². The molecule has 1 aromatic carbocycles. The van der Waals surface area contributed by atoms with Crippen molar-refractivity contribution >= 4 is 5.91 Å². The molecular formula is C16H22N2O. The normalized spacial score (nSPS) is 24.8. The first-order chi connectivity index (χ1) is 9.16. The van der Waals surface area contributed by atoms with Crippen molar-refractivity contribution in [2.45, 2.75) is 45.3 Å². The molecular weight excluding hydrogens is 236 g/mol. The summed E-state index contributed by atoms with van der Waals surface area (Å²) in [6.45, 7) is 4.77. The van der Waals surface area contributed by atoms with Gasteiger partial charge in [0, 0.05) is 6.04 Å². The monoisotopic (exact) mass is 258 g/mol. The molecule has 0 bridgehead atoms. The molecule has 1 amide bonds. The van der Waals surface area contributed by atoms with Crippen molar-refractivity contribution in [1.82, 2.24) is 10.2 Å². The number of nitrogens with one attached hydrogen (secondary N) is 1. The summed E-state index contributed by atoms with van der Waals surface area (Å²) < 4.78 is 0. The Morgan fingerprint density at radius 2 is 2.11 bits per heavy atom. The standard InChI is InChI=1S/C16H22N2O/c1-11-5-3-4-6-14(11)16-17-10-15(19)18(16)12(2)9-13-7-8-13/h3-6,12-13,16-17H,7-10H2,1-2H3. The Balaban J connectivity index is 1.83. The largest absolute Gasteiger partial charge is 0.319 e. The van der Waals surface area contributed by atoms with E-state index in [0.29, 0.717) is 12.6 Å². The van der Waals surface area contributed by atoms with Crippen molar-refractivity contribution in [1.29, 1.82) is 0 Å². The van der Waals surface area contributed by atoms with Crippen molar-refractivity contribution in [3.63, 3.8) is 0 Å². The second-order valence-corrected chi connectivity index (χ2v) is 5.97. The highest BCUT2D eigenvalue weighted by Crippen LogP contribution is 2.37. The first kappa shape index (κ1) is 12.7. The third kappa shape index (κ3) is 2.52. The third-order valence-corrected chi connectivity index (χ3v) is 4.34. The lowest BCUT2D eigenvalue weighted by molar-refractivity contribution is -0.130. The van der Waals surface area contributed by atoms with E-state index in [1.165, 1.54) is 24.0 Å². The lowest BCUT2D eigenvalue weighted by Crippen LogP contribution is -2.38. The molecule has 1 aliphatic carbocycles. The maximum absolute atomic E-state index is 12.2. The van der Waals surface area contributed by atoms with Gasteiger partial charge in [0.2, 0.25) is 5.91 Å². The molecule has 2 fully saturated rings. The van der Waals surface area contributed by atoms with Gasteiger partial charge in [-0.05, 0) is 37.3 Å². The number of carbonyl (C=O) groups excluding carboxylic acids is 1. The highest BCUT2D eigenvalue weighted by atomic mass is 16.2. The average molecular weight is 258 g/mol. The number of aryl methyl sites for hydroxylation is 1. The van der Waals surface area contributed by atoms with Gasteiger partial charge in [0.25, 0.3) is 0 Å². The number of carbonyl (C=O) groups is 1. The number of amides is 1. The van der Waals surface area contributed by atoms with Gasteiger partial charge in [-0.3, -0.25) is 10.1 Å². The highest BCUT2D eigenvalue weighted by Gasteiger charge is 2.37. The van der Waals surface area contributed by atoms with Crippen LogP contribution in [0.2, 0.25) is 0 Å². The smallest absolute Gasteiger partial charge is 0.238 e. The molecule has 0 aromatic heterocycles. The minimum absolute atomic E-state index is 0.0578. The number of hydrogen-bond donors (Lipinski definition) is 1. The molecule has 102 valence electrons. The summed E-state index contributed by atoms with van der Waals surface area (Å²) in [7, 11) is 0. The predicted octanol–water partition coefficient (Wildman–Crippen LogP) is 2.61. The molecule has 3 rings (SSSR count). The Morgan fingerprint density at radius 1 is 1.37 bits per heavy atom. The first-order valence-corrected chi connectivity index (χ1v) is 7.27. The zero-order valence-electron chi connectivity index (χ0n) is 11.7. The van der Waals surface area contributed by atoms with Gasteiger partial charge in [-0.25, -0.2) is 0 Å². The SMILES string of the molecule is Cc1ccccc1C1NCC(=O)N1C(C)CC1CC1. The number of nitrogens with zero attached hydrogens (tertiary/aromatic N) is 1. The highest BCUT2D eigenvalue weighted by molar-refractivity contribution is 5.81. The summed E-state index contributed by atoms with van der Waals surface area (Å²) in [4.78, 5) is 14.2. The number of rotatable bonds is 4. The van der Waals surface area contributed by atoms with Crippen LogP contribution in [-0.4, -0.2) is 23.4 Å². The van der Waals surface area contributed by atoms with E-state index >= 15 is 0 Å². The van der Waals surface area contributed by atoms with Crippen LogP contribution < -0.4 is 5.32 Å². The van der Waals surface area contributed by atoms with Crippen molar-refractivity contribution in [2.24, 2.45) is 5.92 Å². The number of benzene rings is 1. The maximum atomic E-state index is 12.2. The van der Waals surface area contributed by atoms with Crippen molar-refractivity contribution in [3.05, 3.63) is 35.4 Å². The molecule has 1 N–H and O–H groups in total. The van der Waals surface area contributed by atoms with Gasteiger partial charge in [-0.2, -0.15) is 0 Å². The summed E-state index contributed by atoms with van der Waals surface area (Å²) in [5.41, 5.74) is 2.48. The van der Waals surface area contributed by atoms with Gasteiger partial charge in [-0.15, -0.1) is 0 Å². The van der Waals surface area contributed by atoms with Crippen LogP contribution in [0.5, 0.6) is 0 Å². The Bertz CT molecular complexity index is 481. The van der Waals surface area contributed by atoms with Crippen LogP contribution in [0.25, 0.3) is 0 Å². The summed E-state index contributed by atoms with van der Waals surface area (Å²) in [5, 5.41) is 3.36. The molecule has 3 nitrogen and oxygen atoms in total. The lowest BCUT2D eigenvalue weighted by Gasteiger charge is -2.31. The Labute approximate surface area is 115 Å². The van der Waals surface area contributed by atoms with Crippen LogP contribution >= 0.6 is 0 Å². The van der Waals surface area contributed by atoms with Gasteiger partial charge >= 0.3 is 0 Å². The topological polar surface area (TPSA) is 32.3 Å². The van der Waals surface area contributed by atoms with Gasteiger partial charge < -0.3 is 4.90 Å². The van der Waals surface area contributed by atoms with E-state index in [1.54, 1.807) is 0 Å². The molecule has 1 aliphatic heterocycles. The van der Waals surface area contributed by atoms with E-state index in [-0.39, 0.29) is 12.1 Å². The lowest BCUT2D eigenvalue weighted by atomic mass is 10.0. The van der Waals surface area contributed by atoms with Crippen LogP contribution in [-0.2, 0) is 4.79 Å². The van der Waals surface area contributed by atoms with Crippen LogP contribution in [0.3, 0.4) is 0 Å². The molecule has 19 heavy (non-hydrogen) atoms. The first-order valence-electron chi connectivity index (χ1n) is 7.27. The maximum Gasteiger partial charge on any atom is 0.238 e. The van der Waals surface area contributed by atoms with E-state index in [0.717, 1.165) is 12.3 Å². The Kier molecular flexibility index (Phi) is 3.31. The average Bonchev–Trinajstić information content (AvgIpc) is 3.11. The Hall–Kier alpha value is -1.35. The van der Waals surface area contributed by atoms with Gasteiger partial charge in [0.15, 0.2) is 0 Å². The fourth-order valence-electron chi connectivity index (χ4n) is 3.12. The third-order valence-electron chi connectivity index (χ3n) is 4.34. The van der Waals surface area contributed by atoms with E-state index in [9.17, 15) is 4.79 Å². The molecule has 2 atom stereocenters. The minimum atomic E-state index is 0.0578. The molecule has 0 radical (unpaired) electrons. The van der Waals surface area contributed by atoms with Crippen molar-refractivity contribution in [3.8, 4) is 0 Å². The van der Waals surface area contributed by atoms with Gasteiger partial charge in [0.1, 0.15) is 6.17 Å². The fraction of sp³-hybridized carbons (Fsp3) is 0.562. The van der Waals surface area contributed by atoms with Crippen LogP contribution in [0.4, 0.5) is 0 Å². The van der Waals surface area contributed by atoms with E-state index in [4.69, 9.17) is 0 Å². The van der Waals surface area contributed by atoms with Crippen molar-refractivity contribution < 1.29 is 4.79 Å². The van der Waals surface area contributed by atoms with E-state index < -0.39 is 0 Å². The van der Waals surface area contributed by atoms with E-state index in [2.05, 4.69) is 42.3 Å². The summed E-state index contributed by atoms with van der Waals surface area (Å²) >= 11 is 0. The zero-order chi connectivity index (χ0) is 13.4. The minimum Gasteiger partial charge on any atom is -0.319 e. The van der Waals surface area contributed by atoms with Crippen LogP contribution in [0.1, 0.15) is 43.5 Å². The second-order valence-electron chi connectivity index (χ2n) is 5.97. The molecule has 2 unspecified atom stereocenters. The molecule has 1 aromatic rings. The summed E-state index contributed by atoms with van der Waals surface area (Å²) in [5.74, 6) is 1.09. The molecule has 3 heteroatoms. The molecule has 0 spiro atoms. The van der Waals surface area contributed by atoms with Gasteiger partial charge in [0.05, 0.1) is 6.54 Å².